The molecule has 34 nitrogen and oxygen atoms in total. The molecule has 0 saturated carbocycles. The Morgan fingerprint density at radius 3 is 1.97 bits per heavy atom. The number of ether oxygens (including phenoxy) is 4. The van der Waals surface area contributed by atoms with Crippen LogP contribution in [0.4, 0.5) is 22.0 Å². The molecule has 4 fully saturated rings. The van der Waals surface area contributed by atoms with Crippen LogP contribution in [0.1, 0.15) is 18.7 Å². The van der Waals surface area contributed by atoms with Crippen molar-refractivity contribution in [2.75, 3.05) is 43.6 Å². The second kappa shape index (κ2) is 17.3. The minimum absolute atomic E-state index is 0.0254. The minimum atomic E-state index is -5.58. The van der Waals surface area contributed by atoms with Crippen LogP contribution in [0.2, 0.25) is 0 Å². The van der Waals surface area contributed by atoms with Crippen molar-refractivity contribution in [1.29, 1.82) is 0 Å². The first-order valence-electron chi connectivity index (χ1n) is 19.8. The molecule has 10 rings (SSSR count). The molecule has 14 atom stereocenters. The standard InChI is InChI=1S/C31H37FN15O19P3/c32-12-18(11(2-59-67(51,52)53)63-27(12)45-7-40-13-21(33)36-5-38-23(13)45)65-69(56,57)61-4-31-3-58-19(29(64-31)46-8-41-14-22(34)37-6-39-24(14)46)20(31)66-68(54,55)60-1-10-16(48)17(49)28(62-10)47-9-42-15-25(47)43-30(35)44-26(15)50/h5-12,16-20,27-29,48-49H,1-4H2,(H,54,55)(H,56,57)(H2,33,36,38)(H2,34,37,39)(H2,51,52,53)(H3,35,43,44,50)/t10-,11-,12?,16+,17?,18+,19?,20-,27-,28-,29-,31-/m1/s1. The van der Waals surface area contributed by atoms with Crippen molar-refractivity contribution in [3.05, 3.63) is 42.0 Å². The topological polar surface area (TPSA) is 484 Å². The summed E-state index contributed by atoms with van der Waals surface area (Å²) in [5.74, 6) is -0.416. The van der Waals surface area contributed by atoms with E-state index in [4.69, 9.17) is 54.2 Å². The predicted octanol–water partition coefficient (Wildman–Crippen LogP) is -2.82. The van der Waals surface area contributed by atoms with Gasteiger partial charge in [0.2, 0.25) is 5.95 Å². The monoisotopic (exact) mass is 1040 g/mol. The van der Waals surface area contributed by atoms with Crippen molar-refractivity contribution in [3.8, 4) is 0 Å². The molecule has 2 bridgehead atoms. The van der Waals surface area contributed by atoms with E-state index in [1.807, 2.05) is 0 Å². The van der Waals surface area contributed by atoms with Gasteiger partial charge in [-0.1, -0.05) is 0 Å². The number of alkyl halides is 1. The Labute approximate surface area is 380 Å². The first-order valence-corrected chi connectivity index (χ1v) is 24.3. The smallest absolute Gasteiger partial charge is 0.387 e. The van der Waals surface area contributed by atoms with Crippen LogP contribution in [-0.4, -0.2) is 169 Å². The number of aromatic nitrogens is 12. The van der Waals surface area contributed by atoms with E-state index in [2.05, 4.69) is 49.4 Å². The maximum absolute atomic E-state index is 16.4. The van der Waals surface area contributed by atoms with Gasteiger partial charge in [0.15, 0.2) is 58.9 Å². The number of halogens is 1. The number of aliphatic hydroxyl groups excluding tert-OH is 2. The van der Waals surface area contributed by atoms with Crippen LogP contribution >= 0.6 is 23.5 Å². The van der Waals surface area contributed by atoms with E-state index in [-0.39, 0.29) is 51.1 Å². The second-order valence-electron chi connectivity index (χ2n) is 15.7. The zero-order valence-electron chi connectivity index (χ0n) is 34.4. The number of phosphoric acid groups is 3. The molecule has 4 aliphatic rings. The van der Waals surface area contributed by atoms with E-state index in [0.717, 1.165) is 34.4 Å². The van der Waals surface area contributed by atoms with Crippen molar-refractivity contribution in [2.24, 2.45) is 0 Å². The summed E-state index contributed by atoms with van der Waals surface area (Å²) in [6.45, 7) is -3.65. The fraction of sp³-hybridized carbons (Fsp3) is 0.516. The maximum atomic E-state index is 16.4. The molecule has 4 aliphatic heterocycles. The molecule has 0 amide bonds. The average molecular weight is 1040 g/mol. The van der Waals surface area contributed by atoms with Crippen molar-refractivity contribution >= 4 is 74.5 Å². The zero-order valence-corrected chi connectivity index (χ0v) is 37.1. The van der Waals surface area contributed by atoms with Crippen molar-refractivity contribution in [3.63, 3.8) is 0 Å². The van der Waals surface area contributed by atoms with Gasteiger partial charge < -0.3 is 65.9 Å². The van der Waals surface area contributed by atoms with E-state index in [0.29, 0.717) is 0 Å². The predicted molar refractivity (Wildman–Crippen MR) is 219 cm³/mol. The summed E-state index contributed by atoms with van der Waals surface area (Å²) in [6, 6.07) is 0. The molecule has 13 N–H and O–H groups in total. The highest BCUT2D eigenvalue weighted by molar-refractivity contribution is 7.47. The van der Waals surface area contributed by atoms with Gasteiger partial charge >= 0.3 is 23.5 Å². The fourth-order valence-corrected chi connectivity index (χ4v) is 10.6. The van der Waals surface area contributed by atoms with Gasteiger partial charge in [-0.05, 0) is 0 Å². The summed E-state index contributed by atoms with van der Waals surface area (Å²) >= 11 is 0. The third kappa shape index (κ3) is 8.67. The number of imidazole rings is 3. The van der Waals surface area contributed by atoms with Crippen LogP contribution < -0.4 is 22.8 Å². The fourth-order valence-electron chi connectivity index (χ4n) is 8.28. The van der Waals surface area contributed by atoms with Crippen LogP contribution in [0, 0.1) is 0 Å². The Morgan fingerprint density at radius 2 is 1.32 bits per heavy atom. The van der Waals surface area contributed by atoms with Gasteiger partial charge in [-0.2, -0.15) is 4.98 Å². The summed E-state index contributed by atoms with van der Waals surface area (Å²) in [5, 5.41) is 21.8. The maximum Gasteiger partial charge on any atom is 0.472 e. The first-order chi connectivity index (χ1) is 32.6. The summed E-state index contributed by atoms with van der Waals surface area (Å²) in [7, 11) is -16.2. The van der Waals surface area contributed by atoms with Gasteiger partial charge in [-0.15, -0.1) is 0 Å². The average Bonchev–Trinajstić information content (AvgIpc) is 4.17. The molecule has 69 heavy (non-hydrogen) atoms. The summed E-state index contributed by atoms with van der Waals surface area (Å²) < 4.78 is 109. The minimum Gasteiger partial charge on any atom is -0.387 e. The van der Waals surface area contributed by atoms with E-state index >= 15 is 4.39 Å². The number of nitrogens with two attached hydrogens (primary N) is 3. The van der Waals surface area contributed by atoms with Gasteiger partial charge in [0, 0.05) is 0 Å². The number of H-pyrrole nitrogens is 1. The number of rotatable bonds is 16. The van der Waals surface area contributed by atoms with Crippen LogP contribution in [0.15, 0.2) is 36.4 Å². The third-order valence-electron chi connectivity index (χ3n) is 11.4. The molecule has 0 spiro atoms. The lowest BCUT2D eigenvalue weighted by atomic mass is 10.0. The van der Waals surface area contributed by atoms with E-state index in [1.54, 1.807) is 0 Å². The summed E-state index contributed by atoms with van der Waals surface area (Å²) in [5.41, 5.74) is 14.5. The van der Waals surface area contributed by atoms with Crippen molar-refractivity contribution in [2.45, 2.75) is 73.2 Å². The van der Waals surface area contributed by atoms with Gasteiger partial charge in [0.05, 0.1) is 45.4 Å². The molecule has 6 aromatic heterocycles. The molecule has 10 heterocycles. The van der Waals surface area contributed by atoms with Gasteiger partial charge in [-0.25, -0.2) is 53.0 Å². The first kappa shape index (κ1) is 47.5. The number of anilines is 3. The zero-order chi connectivity index (χ0) is 48.9. The normalized spacial score (nSPS) is 32.1. The highest BCUT2D eigenvalue weighted by Gasteiger charge is 2.66. The second-order valence-corrected chi connectivity index (χ2v) is 19.8. The van der Waals surface area contributed by atoms with Crippen LogP contribution in [0.5, 0.6) is 0 Å². The number of hydrogen-bond acceptors (Lipinski definition) is 26. The number of nitrogens with one attached hydrogen (secondary N) is 1. The third-order valence-corrected chi connectivity index (χ3v) is 13.8. The van der Waals surface area contributed by atoms with Crippen LogP contribution in [0.25, 0.3) is 33.5 Å². The van der Waals surface area contributed by atoms with Gasteiger partial charge in [-0.3, -0.25) is 46.1 Å². The number of phosphoric ester groups is 3. The largest absolute Gasteiger partial charge is 0.472 e. The lowest BCUT2D eigenvalue weighted by molar-refractivity contribution is -0.184. The Morgan fingerprint density at radius 1 is 0.739 bits per heavy atom. The number of hydrogen-bond donors (Lipinski definition) is 10. The van der Waals surface area contributed by atoms with Crippen LogP contribution in [0.3, 0.4) is 0 Å². The molecule has 4 saturated heterocycles. The molecule has 38 heteroatoms. The molecular formula is C31H37FN15O19P3. The Hall–Kier alpha value is -5.13. The summed E-state index contributed by atoms with van der Waals surface area (Å²) in [4.78, 5) is 87.7. The molecule has 0 aliphatic carbocycles. The van der Waals surface area contributed by atoms with E-state index in [1.165, 1.54) is 10.9 Å². The Kier molecular flexibility index (Phi) is 11.9. The number of aliphatic hydroxyl groups is 2. The Bertz CT molecular complexity index is 3160. The molecule has 5 unspecified atom stereocenters. The quantitative estimate of drug-likeness (QED) is 0.0437. The molecule has 0 radical (unpaired) electrons. The van der Waals surface area contributed by atoms with Crippen molar-refractivity contribution in [1.82, 2.24) is 58.6 Å². The Balaban J connectivity index is 0.886. The number of nitrogens with zero attached hydrogens (tertiary/aromatic N) is 11. The lowest BCUT2D eigenvalue weighted by Crippen LogP contribution is -2.46. The SMILES string of the molecule is Nc1nc2c(ncn2[C@@H]2O[C@H](COP(=O)(O)O[C@@H]3C4OC[C@]3(COP(=O)(O)O[C@@H]3C(F)[C@H](n5cnc6c(N)ncnc65)O[C@@H]3COP(=O)(O)O)O[C@H]4n3cnc4c(N)ncnc43)[C@H](O)C2O)c(=O)[nH]1. The van der Waals surface area contributed by atoms with Gasteiger partial charge in [0.1, 0.15) is 72.0 Å². The molecule has 6 aromatic rings. The highest BCUT2D eigenvalue weighted by Crippen LogP contribution is 2.58. The highest BCUT2D eigenvalue weighted by atomic mass is 31.2. The van der Waals surface area contributed by atoms with Crippen LogP contribution in [-0.2, 0) is 55.3 Å². The number of aromatic amines is 1. The van der Waals surface area contributed by atoms with E-state index in [9.17, 15) is 48.3 Å². The summed E-state index contributed by atoms with van der Waals surface area (Å²) in [6.07, 6.45) is -13.6. The number of fused-ring (bicyclic) bond motifs is 5. The molecular weight excluding hydrogens is 998 g/mol. The van der Waals surface area contributed by atoms with Gasteiger partial charge in [0.25, 0.3) is 5.56 Å². The van der Waals surface area contributed by atoms with Crippen molar-refractivity contribution < 1.29 is 89.4 Å². The molecule has 372 valence electrons. The lowest BCUT2D eigenvalue weighted by Gasteiger charge is -2.32. The van der Waals surface area contributed by atoms with E-state index < -0.39 is 129 Å². The molecule has 0 aromatic carbocycles. The number of nitrogen functional groups attached to an aromatic ring is 3.